The lowest BCUT2D eigenvalue weighted by molar-refractivity contribution is -0.00249. The van der Waals surface area contributed by atoms with Gasteiger partial charge in [0.05, 0.1) is 18.1 Å². The second-order valence-electron chi connectivity index (χ2n) is 4.94. The predicted molar refractivity (Wildman–Crippen MR) is 80.5 cm³/mol. The van der Waals surface area contributed by atoms with E-state index in [4.69, 9.17) is 10.3 Å². The van der Waals surface area contributed by atoms with Gasteiger partial charge in [0.1, 0.15) is 5.76 Å². The van der Waals surface area contributed by atoms with Gasteiger partial charge < -0.3 is 15.6 Å². The molecule has 1 N–H and O–H groups in total. The molecule has 0 heterocycles. The van der Waals surface area contributed by atoms with Crippen LogP contribution in [0.5, 0.6) is 0 Å². The van der Waals surface area contributed by atoms with E-state index in [0.29, 0.717) is 18.9 Å². The Morgan fingerprint density at radius 1 is 1.30 bits per heavy atom. The van der Waals surface area contributed by atoms with Crippen molar-refractivity contribution in [2.45, 2.75) is 13.8 Å². The summed E-state index contributed by atoms with van der Waals surface area (Å²) in [5, 5.41) is 3.40. The van der Waals surface area contributed by atoms with Crippen molar-refractivity contribution in [3.8, 4) is 0 Å². The first-order valence-corrected chi connectivity index (χ1v) is 6.73. The Kier molecular flexibility index (Phi) is 4.38. The molecule has 0 saturated heterocycles. The van der Waals surface area contributed by atoms with Crippen LogP contribution in [0, 0.1) is 5.41 Å². The monoisotopic (exact) mass is 269 g/mol. The van der Waals surface area contributed by atoms with Crippen molar-refractivity contribution < 1.29 is 9.53 Å². The first kappa shape index (κ1) is 14.1. The first-order valence-electron chi connectivity index (χ1n) is 6.73. The number of hydrogen-bond acceptors (Lipinski definition) is 2. The number of para-hydroxylation sites is 1. The molecule has 1 aliphatic rings. The average molecular weight is 269 g/mol. The highest BCUT2D eigenvalue weighted by atomic mass is 16.5. The number of nitrogens with zero attached hydrogens (tertiary/aromatic N) is 2. The minimum Gasteiger partial charge on any atom is -0.497 e. The lowest BCUT2D eigenvalue weighted by Crippen LogP contribution is -2.31. The van der Waals surface area contributed by atoms with Crippen molar-refractivity contribution in [3.63, 3.8) is 0 Å². The molecule has 20 heavy (non-hydrogen) atoms. The number of nitrogens with one attached hydrogen (secondary N) is 1. The van der Waals surface area contributed by atoms with Crippen LogP contribution in [-0.2, 0) is 4.74 Å². The summed E-state index contributed by atoms with van der Waals surface area (Å²) in [5.74, 6) is 0.804. The van der Waals surface area contributed by atoms with E-state index in [1.165, 1.54) is 0 Å². The summed E-state index contributed by atoms with van der Waals surface area (Å²) in [6, 6.07) is 10.0. The zero-order chi connectivity index (χ0) is 14.4. The molecule has 0 saturated carbocycles. The summed E-state index contributed by atoms with van der Waals surface area (Å²) in [7, 11) is 0. The molecule has 2 rings (SSSR count). The van der Waals surface area contributed by atoms with Gasteiger partial charge in [0, 0.05) is 18.3 Å². The second kappa shape index (κ2) is 6.22. The second-order valence-corrected chi connectivity index (χ2v) is 4.94. The van der Waals surface area contributed by atoms with Crippen LogP contribution in [0.15, 0.2) is 54.3 Å². The molecule has 0 spiro atoms. The minimum absolute atomic E-state index is 0.264. The Morgan fingerprint density at radius 3 is 2.70 bits per heavy atom. The Balaban J connectivity index is 2.15. The number of hydrogen-bond donors (Lipinski definition) is 1. The van der Waals surface area contributed by atoms with Gasteiger partial charge in [-0.2, -0.15) is 4.79 Å². The van der Waals surface area contributed by atoms with Crippen LogP contribution in [0.2, 0.25) is 0 Å². The molecule has 0 fully saturated rings. The van der Waals surface area contributed by atoms with Crippen molar-refractivity contribution in [2.75, 3.05) is 18.5 Å². The van der Waals surface area contributed by atoms with Crippen LogP contribution in [0.1, 0.15) is 13.8 Å². The van der Waals surface area contributed by atoms with Crippen molar-refractivity contribution in [1.82, 2.24) is 0 Å². The largest absolute Gasteiger partial charge is 0.497 e. The first-order chi connectivity index (χ1) is 9.68. The highest BCUT2D eigenvalue weighted by molar-refractivity contribution is 6.01. The van der Waals surface area contributed by atoms with Gasteiger partial charge >= 0.3 is 5.71 Å². The van der Waals surface area contributed by atoms with E-state index in [9.17, 15) is 0 Å². The van der Waals surface area contributed by atoms with E-state index in [-0.39, 0.29) is 5.41 Å². The van der Waals surface area contributed by atoms with Gasteiger partial charge in [-0.15, -0.1) is 0 Å². The minimum atomic E-state index is -0.264. The van der Waals surface area contributed by atoms with E-state index in [1.807, 2.05) is 43.3 Å². The van der Waals surface area contributed by atoms with Crippen LogP contribution in [-0.4, -0.2) is 23.7 Å². The lowest BCUT2D eigenvalue weighted by atomic mass is 9.83. The standard InChI is InChI=1S/C16H19N3O/c1-3-20-15-11-14(19-17)9-10-16(15,2)12-18-13-7-5-4-6-8-13/h4-11,18H,3,12H2,1-2H3. The summed E-state index contributed by atoms with van der Waals surface area (Å²) >= 11 is 0. The van der Waals surface area contributed by atoms with Crippen LogP contribution in [0.3, 0.4) is 0 Å². The van der Waals surface area contributed by atoms with Gasteiger partial charge in [-0.3, -0.25) is 0 Å². The van der Waals surface area contributed by atoms with Crippen LogP contribution in [0.4, 0.5) is 5.69 Å². The number of benzene rings is 1. The van der Waals surface area contributed by atoms with Gasteiger partial charge in [0.25, 0.3) is 0 Å². The molecule has 1 aromatic rings. The molecule has 1 atom stereocenters. The smallest absolute Gasteiger partial charge is 0.318 e. The summed E-state index contributed by atoms with van der Waals surface area (Å²) in [6.45, 7) is 5.33. The highest BCUT2D eigenvalue weighted by Gasteiger charge is 2.32. The number of anilines is 1. The molecule has 1 unspecified atom stereocenters. The summed E-state index contributed by atoms with van der Waals surface area (Å²) in [4.78, 5) is 3.22. The SMILES string of the molecule is CCOC1=CC(=[N+]=[N-])C=CC1(C)CNc1ccccc1. The third-order valence-electron chi connectivity index (χ3n) is 3.31. The fourth-order valence-corrected chi connectivity index (χ4v) is 2.11. The highest BCUT2D eigenvalue weighted by Crippen LogP contribution is 2.32. The van der Waals surface area contributed by atoms with Gasteiger partial charge in [-0.1, -0.05) is 24.3 Å². The van der Waals surface area contributed by atoms with Crippen molar-refractivity contribution >= 4 is 11.4 Å². The number of rotatable bonds is 5. The molecule has 4 nitrogen and oxygen atoms in total. The Hall–Kier alpha value is -2.32. The third kappa shape index (κ3) is 3.16. The van der Waals surface area contributed by atoms with Crippen molar-refractivity contribution in [1.29, 1.82) is 0 Å². The fourth-order valence-electron chi connectivity index (χ4n) is 2.11. The maximum Gasteiger partial charge on any atom is 0.318 e. The quantitative estimate of drug-likeness (QED) is 0.659. The lowest BCUT2D eigenvalue weighted by Gasteiger charge is -2.30. The van der Waals surface area contributed by atoms with E-state index in [1.54, 1.807) is 12.2 Å². The summed E-state index contributed by atoms with van der Waals surface area (Å²) in [5.41, 5.74) is 10.2. The van der Waals surface area contributed by atoms with Crippen LogP contribution >= 0.6 is 0 Å². The molecule has 1 aliphatic carbocycles. The maximum absolute atomic E-state index is 8.88. The van der Waals surface area contributed by atoms with Gasteiger partial charge in [0.2, 0.25) is 0 Å². The average Bonchev–Trinajstić information content (AvgIpc) is 2.49. The normalized spacial score (nSPS) is 21.1. The molecular weight excluding hydrogens is 250 g/mol. The maximum atomic E-state index is 8.88. The Bertz CT molecular complexity index is 571. The zero-order valence-corrected chi connectivity index (χ0v) is 11.8. The van der Waals surface area contributed by atoms with Gasteiger partial charge in [-0.05, 0) is 26.0 Å². The Labute approximate surface area is 119 Å². The molecule has 0 amide bonds. The number of ether oxygens (including phenoxy) is 1. The van der Waals surface area contributed by atoms with Crippen molar-refractivity contribution in [2.24, 2.45) is 5.41 Å². The summed E-state index contributed by atoms with van der Waals surface area (Å²) in [6.07, 6.45) is 5.58. The topological polar surface area (TPSA) is 57.7 Å². The van der Waals surface area contributed by atoms with Crippen LogP contribution < -0.4 is 5.32 Å². The molecule has 0 bridgehead atoms. The van der Waals surface area contributed by atoms with E-state index in [0.717, 1.165) is 11.4 Å². The molecule has 0 aliphatic heterocycles. The zero-order valence-electron chi connectivity index (χ0n) is 11.8. The van der Waals surface area contributed by atoms with Crippen LogP contribution in [0.25, 0.3) is 5.53 Å². The molecular formula is C16H19N3O. The molecule has 0 radical (unpaired) electrons. The Morgan fingerprint density at radius 2 is 2.05 bits per heavy atom. The number of allylic oxidation sites excluding steroid dienone is 2. The third-order valence-corrected chi connectivity index (χ3v) is 3.31. The van der Waals surface area contributed by atoms with Gasteiger partial charge in [-0.25, -0.2) is 0 Å². The molecule has 104 valence electrons. The summed E-state index contributed by atoms with van der Waals surface area (Å²) < 4.78 is 5.70. The van der Waals surface area contributed by atoms with Crippen molar-refractivity contribution in [3.05, 3.63) is 59.9 Å². The predicted octanol–water partition coefficient (Wildman–Crippen LogP) is 3.27. The molecule has 0 aromatic heterocycles. The van der Waals surface area contributed by atoms with E-state index in [2.05, 4.69) is 17.0 Å². The van der Waals surface area contributed by atoms with E-state index >= 15 is 0 Å². The van der Waals surface area contributed by atoms with E-state index < -0.39 is 0 Å². The molecule has 4 heteroatoms. The molecule has 1 aromatic carbocycles. The van der Waals surface area contributed by atoms with Gasteiger partial charge in [0.15, 0.2) is 0 Å². The fraction of sp³-hybridized carbons (Fsp3) is 0.312.